The van der Waals surface area contributed by atoms with Crippen LogP contribution in [0.1, 0.15) is 44.5 Å². The third kappa shape index (κ3) is 4.04. The highest BCUT2D eigenvalue weighted by molar-refractivity contribution is 7.89. The maximum Gasteiger partial charge on any atom is 0.244 e. The van der Waals surface area contributed by atoms with Crippen molar-refractivity contribution >= 4 is 15.9 Å². The summed E-state index contributed by atoms with van der Waals surface area (Å²) < 4.78 is 29.5. The average molecular weight is 372 g/mol. The summed E-state index contributed by atoms with van der Waals surface area (Å²) >= 11 is 0. The van der Waals surface area contributed by atoms with E-state index in [4.69, 9.17) is 5.73 Å². The third-order valence-corrected chi connectivity index (χ3v) is 6.65. The van der Waals surface area contributed by atoms with E-state index in [-0.39, 0.29) is 22.9 Å². The molecule has 0 aromatic carbocycles. The summed E-state index contributed by atoms with van der Waals surface area (Å²) in [7, 11) is -2.14. The summed E-state index contributed by atoms with van der Waals surface area (Å²) in [5, 5.41) is 4.14. The first kappa shape index (κ1) is 19.9. The lowest BCUT2D eigenvalue weighted by molar-refractivity contribution is -0.136. The predicted octanol–water partition coefficient (Wildman–Crippen LogP) is 0.432. The van der Waals surface area contributed by atoms with Crippen molar-refractivity contribution in [2.45, 2.75) is 70.0 Å². The Balaban J connectivity index is 2.20. The topological polar surface area (TPSA) is 110 Å². The minimum absolute atomic E-state index is 0.0462. The summed E-state index contributed by atoms with van der Waals surface area (Å²) in [5.41, 5.74) is 6.97. The summed E-state index contributed by atoms with van der Waals surface area (Å²) in [6, 6.07) is -1.05. The van der Waals surface area contributed by atoms with Gasteiger partial charge in [-0.2, -0.15) is 9.82 Å². The molecular weight excluding hydrogens is 342 g/mol. The number of likely N-dealkylation sites (tertiary alicyclic amines) is 1. The van der Waals surface area contributed by atoms with Crippen LogP contribution in [0.3, 0.4) is 0 Å². The second-order valence-electron chi connectivity index (χ2n) is 6.92. The minimum Gasteiger partial charge on any atom is -0.337 e. The van der Waals surface area contributed by atoms with Crippen molar-refractivity contribution in [1.29, 1.82) is 0 Å². The molecule has 1 aliphatic heterocycles. The van der Waals surface area contributed by atoms with Gasteiger partial charge in [-0.15, -0.1) is 0 Å². The van der Waals surface area contributed by atoms with E-state index in [2.05, 4.69) is 9.82 Å². The SMILES string of the molecule is Cc1nn(C)c(C)c1S(=O)(=O)NC(C)C(=O)N1CCCCC1C(C)N. The standard InChI is InChI=1S/C16H29N5O3S/c1-10(17)14-8-6-7-9-21(14)16(22)12(3)19-25(23,24)15-11(2)18-20(5)13(15)4/h10,12,14,19H,6-9,17H2,1-5H3. The van der Waals surface area contributed by atoms with Gasteiger partial charge in [0.1, 0.15) is 4.90 Å². The third-order valence-electron chi connectivity index (χ3n) is 4.85. The number of nitrogens with one attached hydrogen (secondary N) is 1. The van der Waals surface area contributed by atoms with Gasteiger partial charge in [-0.3, -0.25) is 9.48 Å². The lowest BCUT2D eigenvalue weighted by atomic mass is 9.96. The van der Waals surface area contributed by atoms with Gasteiger partial charge in [-0.1, -0.05) is 0 Å². The fraction of sp³-hybridized carbons (Fsp3) is 0.750. The number of hydrogen-bond donors (Lipinski definition) is 2. The van der Waals surface area contributed by atoms with E-state index in [1.807, 2.05) is 6.92 Å². The van der Waals surface area contributed by atoms with Gasteiger partial charge in [0.2, 0.25) is 15.9 Å². The molecule has 142 valence electrons. The van der Waals surface area contributed by atoms with Crippen molar-refractivity contribution in [1.82, 2.24) is 19.4 Å². The van der Waals surface area contributed by atoms with Crippen molar-refractivity contribution in [2.24, 2.45) is 12.8 Å². The summed E-state index contributed by atoms with van der Waals surface area (Å²) in [5.74, 6) is -0.232. The van der Waals surface area contributed by atoms with Crippen molar-refractivity contribution in [3.05, 3.63) is 11.4 Å². The van der Waals surface area contributed by atoms with Crippen LogP contribution in [0.2, 0.25) is 0 Å². The number of aromatic nitrogens is 2. The van der Waals surface area contributed by atoms with Gasteiger partial charge in [-0.05, 0) is 47.0 Å². The summed E-state index contributed by atoms with van der Waals surface area (Å²) in [6.07, 6.45) is 2.79. The molecule has 0 bridgehead atoms. The maximum absolute atomic E-state index is 12.8. The first-order chi connectivity index (χ1) is 11.6. The Bertz CT molecular complexity index is 741. The van der Waals surface area contributed by atoms with Gasteiger partial charge in [0.05, 0.1) is 17.4 Å². The van der Waals surface area contributed by atoms with Gasteiger partial charge in [0, 0.05) is 25.7 Å². The van der Waals surface area contributed by atoms with E-state index in [1.165, 1.54) is 4.68 Å². The van der Waals surface area contributed by atoms with Gasteiger partial charge < -0.3 is 10.6 Å². The summed E-state index contributed by atoms with van der Waals surface area (Å²) in [4.78, 5) is 14.7. The van der Waals surface area contributed by atoms with Crippen LogP contribution in [0.25, 0.3) is 0 Å². The van der Waals surface area contributed by atoms with E-state index in [0.29, 0.717) is 17.9 Å². The lowest BCUT2D eigenvalue weighted by Gasteiger charge is -2.39. The van der Waals surface area contributed by atoms with Crippen LogP contribution >= 0.6 is 0 Å². The average Bonchev–Trinajstić information content (AvgIpc) is 2.79. The van der Waals surface area contributed by atoms with Crippen LogP contribution in [-0.4, -0.2) is 53.7 Å². The van der Waals surface area contributed by atoms with Crippen molar-refractivity contribution < 1.29 is 13.2 Å². The Morgan fingerprint density at radius 2 is 1.96 bits per heavy atom. The van der Waals surface area contributed by atoms with Crippen LogP contribution in [-0.2, 0) is 21.9 Å². The molecule has 8 nitrogen and oxygen atoms in total. The molecule has 3 unspecified atom stereocenters. The second-order valence-corrected chi connectivity index (χ2v) is 8.57. The molecular formula is C16H29N5O3S. The van der Waals surface area contributed by atoms with Crippen molar-refractivity contribution in [2.75, 3.05) is 6.54 Å². The maximum atomic E-state index is 12.8. The summed E-state index contributed by atoms with van der Waals surface area (Å²) in [6.45, 7) is 7.41. The quantitative estimate of drug-likeness (QED) is 0.780. The number of carbonyl (C=O) groups excluding carboxylic acids is 1. The van der Waals surface area contributed by atoms with E-state index in [1.54, 1.807) is 32.7 Å². The van der Waals surface area contributed by atoms with E-state index in [0.717, 1.165) is 19.3 Å². The highest BCUT2D eigenvalue weighted by Gasteiger charge is 2.34. The Morgan fingerprint density at radius 1 is 1.32 bits per heavy atom. The first-order valence-electron chi connectivity index (χ1n) is 8.65. The molecule has 1 saturated heterocycles. The normalized spacial score (nSPS) is 21.2. The van der Waals surface area contributed by atoms with Crippen LogP contribution < -0.4 is 10.5 Å². The zero-order chi connectivity index (χ0) is 18.9. The molecule has 0 aliphatic carbocycles. The van der Waals surface area contributed by atoms with Crippen LogP contribution in [0.5, 0.6) is 0 Å². The number of nitrogens with two attached hydrogens (primary N) is 1. The van der Waals surface area contributed by atoms with Gasteiger partial charge in [-0.25, -0.2) is 8.42 Å². The van der Waals surface area contributed by atoms with Gasteiger partial charge in [0.15, 0.2) is 0 Å². The zero-order valence-electron chi connectivity index (χ0n) is 15.6. The number of nitrogens with zero attached hydrogens (tertiary/aromatic N) is 3. The Hall–Kier alpha value is -1.45. The van der Waals surface area contributed by atoms with Crippen molar-refractivity contribution in [3.63, 3.8) is 0 Å². The smallest absolute Gasteiger partial charge is 0.244 e. The van der Waals surface area contributed by atoms with Crippen LogP contribution in [0, 0.1) is 13.8 Å². The number of aryl methyl sites for hydroxylation is 2. The second kappa shape index (κ2) is 7.43. The lowest BCUT2D eigenvalue weighted by Crippen LogP contribution is -2.56. The van der Waals surface area contributed by atoms with E-state index < -0.39 is 16.1 Å². The van der Waals surface area contributed by atoms with E-state index in [9.17, 15) is 13.2 Å². The molecule has 1 fully saturated rings. The fourth-order valence-corrected chi connectivity index (χ4v) is 5.15. The largest absolute Gasteiger partial charge is 0.337 e. The fourth-order valence-electron chi connectivity index (χ4n) is 3.51. The van der Waals surface area contributed by atoms with Crippen LogP contribution in [0.15, 0.2) is 4.90 Å². The first-order valence-corrected chi connectivity index (χ1v) is 10.1. The Labute approximate surface area is 149 Å². The molecule has 2 rings (SSSR count). The molecule has 0 radical (unpaired) electrons. The molecule has 0 saturated carbocycles. The molecule has 1 amide bonds. The molecule has 1 aliphatic rings. The van der Waals surface area contributed by atoms with Gasteiger partial charge in [0.25, 0.3) is 0 Å². The number of amides is 1. The van der Waals surface area contributed by atoms with E-state index >= 15 is 0 Å². The molecule has 3 atom stereocenters. The highest BCUT2D eigenvalue weighted by Crippen LogP contribution is 2.22. The number of rotatable bonds is 5. The van der Waals surface area contributed by atoms with Crippen LogP contribution in [0.4, 0.5) is 0 Å². The minimum atomic E-state index is -3.83. The monoisotopic (exact) mass is 371 g/mol. The Morgan fingerprint density at radius 3 is 2.48 bits per heavy atom. The molecule has 9 heteroatoms. The van der Waals surface area contributed by atoms with Crippen molar-refractivity contribution in [3.8, 4) is 0 Å². The number of piperidine rings is 1. The Kier molecular flexibility index (Phi) is 5.90. The number of hydrogen-bond acceptors (Lipinski definition) is 5. The number of sulfonamides is 1. The zero-order valence-corrected chi connectivity index (χ0v) is 16.4. The molecule has 25 heavy (non-hydrogen) atoms. The predicted molar refractivity (Wildman–Crippen MR) is 95.5 cm³/mol. The molecule has 1 aromatic heterocycles. The van der Waals surface area contributed by atoms with Gasteiger partial charge >= 0.3 is 0 Å². The highest BCUT2D eigenvalue weighted by atomic mass is 32.2. The molecule has 1 aromatic rings. The molecule has 2 heterocycles. The molecule has 0 spiro atoms. The number of carbonyl (C=O) groups is 1. The molecule has 3 N–H and O–H groups in total.